The van der Waals surface area contributed by atoms with Crippen molar-refractivity contribution in [1.82, 2.24) is 10.6 Å². The summed E-state index contributed by atoms with van der Waals surface area (Å²) >= 11 is 12.0. The minimum atomic E-state index is -0.598. The van der Waals surface area contributed by atoms with Crippen molar-refractivity contribution >= 4 is 35.0 Å². The van der Waals surface area contributed by atoms with Gasteiger partial charge in [-0.25, -0.2) is 8.78 Å². The Kier molecular flexibility index (Phi) is 12.3. The molecule has 0 aromatic heterocycles. The molecule has 2 aliphatic carbocycles. The van der Waals surface area contributed by atoms with E-state index in [1.807, 2.05) is 12.1 Å². The Labute approximate surface area is 247 Å². The fraction of sp³-hybridized carbons (Fsp3) is 0.562. The first-order valence-corrected chi connectivity index (χ1v) is 15.2. The largest absolute Gasteiger partial charge is 0.351 e. The Morgan fingerprint density at radius 2 is 1.20 bits per heavy atom. The van der Waals surface area contributed by atoms with Gasteiger partial charge in [0, 0.05) is 40.0 Å². The van der Waals surface area contributed by atoms with E-state index in [2.05, 4.69) is 24.5 Å². The van der Waals surface area contributed by atoms with Gasteiger partial charge in [-0.1, -0.05) is 67.8 Å². The Bertz CT molecular complexity index is 1130. The first kappa shape index (κ1) is 32.3. The summed E-state index contributed by atoms with van der Waals surface area (Å²) in [4.78, 5) is 24.0. The number of hydrogen-bond donors (Lipinski definition) is 2. The molecule has 8 heteroatoms. The zero-order chi connectivity index (χ0) is 29.2. The number of carbonyl (C=O) groups excluding carboxylic acids is 2. The molecule has 0 bridgehead atoms. The minimum Gasteiger partial charge on any atom is -0.351 e. The van der Waals surface area contributed by atoms with Crippen LogP contribution in [0, 0.1) is 11.6 Å². The predicted molar refractivity (Wildman–Crippen MR) is 159 cm³/mol. The number of carbonyl (C=O) groups is 2. The maximum absolute atomic E-state index is 13.0. The Balaban J connectivity index is 0.000000220. The molecule has 2 aliphatic rings. The van der Waals surface area contributed by atoms with Crippen molar-refractivity contribution in [3.8, 4) is 0 Å². The third-order valence-electron chi connectivity index (χ3n) is 8.00. The lowest BCUT2D eigenvalue weighted by molar-refractivity contribution is -0.124. The van der Waals surface area contributed by atoms with Crippen molar-refractivity contribution < 1.29 is 18.4 Å². The van der Waals surface area contributed by atoms with Gasteiger partial charge in [-0.15, -0.1) is 0 Å². The van der Waals surface area contributed by atoms with Crippen LogP contribution in [0.4, 0.5) is 8.78 Å². The molecule has 0 atom stereocenters. The maximum atomic E-state index is 13.0. The molecule has 0 heterocycles. The normalized spacial score (nSPS) is 17.8. The highest BCUT2D eigenvalue weighted by molar-refractivity contribution is 6.35. The van der Waals surface area contributed by atoms with E-state index in [0.717, 1.165) is 50.2 Å². The third kappa shape index (κ3) is 11.0. The standard InChI is InChI=1S/C16H21Cl2NO.C16H21F2NO/c1-16(9-3-2-4-10-16)19-15(20)8-6-12-5-7-13(17)11-14(12)18;1-16(7-3-2-4-8-16)19-15(20)6-5-12-9-13(17)11-14(18)10-12/h5,7,11H,2-4,6,8-10H2,1H3,(H,19,20);9-11H,2-8H2,1H3,(H,19,20). The Morgan fingerprint density at radius 3 is 1.68 bits per heavy atom. The first-order valence-electron chi connectivity index (χ1n) is 14.5. The molecule has 2 saturated carbocycles. The summed E-state index contributed by atoms with van der Waals surface area (Å²) in [6.45, 7) is 4.23. The summed E-state index contributed by atoms with van der Waals surface area (Å²) in [7, 11) is 0. The van der Waals surface area contributed by atoms with Gasteiger partial charge in [-0.2, -0.15) is 0 Å². The molecule has 40 heavy (non-hydrogen) atoms. The molecule has 0 aliphatic heterocycles. The van der Waals surface area contributed by atoms with Crippen LogP contribution in [0.1, 0.15) is 102 Å². The monoisotopic (exact) mass is 594 g/mol. The molecule has 2 aromatic rings. The summed E-state index contributed by atoms with van der Waals surface area (Å²) < 4.78 is 26.1. The molecule has 2 fully saturated rings. The van der Waals surface area contributed by atoms with Gasteiger partial charge < -0.3 is 10.6 Å². The molecule has 0 spiro atoms. The van der Waals surface area contributed by atoms with Crippen molar-refractivity contribution in [2.45, 2.75) is 115 Å². The van der Waals surface area contributed by atoms with Crippen molar-refractivity contribution in [3.63, 3.8) is 0 Å². The van der Waals surface area contributed by atoms with E-state index in [0.29, 0.717) is 34.9 Å². The number of aryl methyl sites for hydroxylation is 2. The number of halogens is 4. The smallest absolute Gasteiger partial charge is 0.220 e. The van der Waals surface area contributed by atoms with Crippen LogP contribution in [0.5, 0.6) is 0 Å². The highest BCUT2D eigenvalue weighted by Crippen LogP contribution is 2.29. The zero-order valence-corrected chi connectivity index (χ0v) is 25.2. The van der Waals surface area contributed by atoms with Crippen molar-refractivity contribution in [1.29, 1.82) is 0 Å². The van der Waals surface area contributed by atoms with Gasteiger partial charge in [-0.3, -0.25) is 9.59 Å². The lowest BCUT2D eigenvalue weighted by atomic mass is 9.83. The number of nitrogens with one attached hydrogen (secondary N) is 2. The fourth-order valence-corrected chi connectivity index (χ4v) is 6.20. The predicted octanol–water partition coefficient (Wildman–Crippen LogP) is 8.50. The molecule has 2 aromatic carbocycles. The van der Waals surface area contributed by atoms with Gasteiger partial charge in [0.25, 0.3) is 0 Å². The molecule has 2 N–H and O–H groups in total. The summed E-state index contributed by atoms with van der Waals surface area (Å²) in [5.41, 5.74) is 1.37. The van der Waals surface area contributed by atoms with Crippen LogP contribution in [-0.2, 0) is 22.4 Å². The lowest BCUT2D eigenvalue weighted by Crippen LogP contribution is -2.47. The van der Waals surface area contributed by atoms with Crippen molar-refractivity contribution in [3.05, 3.63) is 69.2 Å². The lowest BCUT2D eigenvalue weighted by Gasteiger charge is -2.34. The maximum Gasteiger partial charge on any atom is 0.220 e. The van der Waals surface area contributed by atoms with E-state index in [1.54, 1.807) is 6.07 Å². The van der Waals surface area contributed by atoms with Crippen LogP contribution >= 0.6 is 23.2 Å². The van der Waals surface area contributed by atoms with Crippen LogP contribution in [0.3, 0.4) is 0 Å². The van der Waals surface area contributed by atoms with Crippen LogP contribution < -0.4 is 10.6 Å². The van der Waals surface area contributed by atoms with E-state index in [-0.39, 0.29) is 29.3 Å². The summed E-state index contributed by atoms with van der Waals surface area (Å²) in [5.74, 6) is -1.13. The quantitative estimate of drug-likeness (QED) is 0.322. The van der Waals surface area contributed by atoms with E-state index in [4.69, 9.17) is 23.2 Å². The van der Waals surface area contributed by atoms with Gasteiger partial charge in [0.2, 0.25) is 11.8 Å². The molecular weight excluding hydrogens is 553 g/mol. The highest BCUT2D eigenvalue weighted by atomic mass is 35.5. The number of amides is 2. The molecule has 4 nitrogen and oxygen atoms in total. The average molecular weight is 596 g/mol. The number of hydrogen-bond acceptors (Lipinski definition) is 2. The molecule has 0 saturated heterocycles. The molecular formula is C32H42Cl2F2N2O2. The molecule has 0 unspecified atom stereocenters. The van der Waals surface area contributed by atoms with Gasteiger partial charge in [0.1, 0.15) is 11.6 Å². The van der Waals surface area contributed by atoms with Crippen LogP contribution in [-0.4, -0.2) is 22.9 Å². The fourth-order valence-electron chi connectivity index (χ4n) is 5.70. The Hall–Kier alpha value is -2.18. The zero-order valence-electron chi connectivity index (χ0n) is 23.7. The van der Waals surface area contributed by atoms with Crippen LogP contribution in [0.2, 0.25) is 10.0 Å². The molecule has 220 valence electrons. The van der Waals surface area contributed by atoms with E-state index < -0.39 is 11.6 Å². The van der Waals surface area contributed by atoms with Gasteiger partial charge in [-0.05, 0) is 87.8 Å². The third-order valence-corrected chi connectivity index (χ3v) is 8.58. The van der Waals surface area contributed by atoms with Crippen LogP contribution in [0.15, 0.2) is 36.4 Å². The minimum absolute atomic E-state index is 0.0148. The second-order valence-corrected chi connectivity index (χ2v) is 12.7. The van der Waals surface area contributed by atoms with Crippen molar-refractivity contribution in [2.75, 3.05) is 0 Å². The first-order chi connectivity index (χ1) is 19.0. The highest BCUT2D eigenvalue weighted by Gasteiger charge is 2.29. The Morgan fingerprint density at radius 1 is 0.725 bits per heavy atom. The van der Waals surface area contributed by atoms with Gasteiger partial charge in [0.15, 0.2) is 0 Å². The summed E-state index contributed by atoms with van der Waals surface area (Å²) in [6.07, 6.45) is 13.1. The van der Waals surface area contributed by atoms with Gasteiger partial charge in [0.05, 0.1) is 0 Å². The van der Waals surface area contributed by atoms with E-state index in [1.165, 1.54) is 37.8 Å². The molecule has 0 radical (unpaired) electrons. The van der Waals surface area contributed by atoms with Crippen molar-refractivity contribution in [2.24, 2.45) is 0 Å². The van der Waals surface area contributed by atoms with Gasteiger partial charge >= 0.3 is 0 Å². The molecule has 2 amide bonds. The number of benzene rings is 2. The molecule has 4 rings (SSSR count). The summed E-state index contributed by atoms with van der Waals surface area (Å²) in [5, 5.41) is 7.51. The second-order valence-electron chi connectivity index (χ2n) is 11.9. The average Bonchev–Trinajstić information content (AvgIpc) is 2.87. The topological polar surface area (TPSA) is 58.2 Å². The van der Waals surface area contributed by atoms with E-state index in [9.17, 15) is 18.4 Å². The number of rotatable bonds is 8. The van der Waals surface area contributed by atoms with E-state index >= 15 is 0 Å². The second kappa shape index (κ2) is 15.2. The summed E-state index contributed by atoms with van der Waals surface area (Å²) in [6, 6.07) is 8.81. The van der Waals surface area contributed by atoms with Crippen LogP contribution in [0.25, 0.3) is 0 Å². The SMILES string of the molecule is CC1(NC(=O)CCc2cc(F)cc(F)c2)CCCCC1.CC1(NC(=O)CCc2ccc(Cl)cc2Cl)CCCCC1.